The molecule has 0 saturated carbocycles. The van der Waals surface area contributed by atoms with Crippen LogP contribution < -0.4 is 21.3 Å². The molecule has 12 atom stereocenters. The first-order valence-electron chi connectivity index (χ1n) is 30.7. The van der Waals surface area contributed by atoms with Crippen LogP contribution in [0.2, 0.25) is 0 Å². The zero-order valence-corrected chi connectivity index (χ0v) is 56.6. The van der Waals surface area contributed by atoms with E-state index in [1.54, 1.807) is 60.6 Å². The van der Waals surface area contributed by atoms with Gasteiger partial charge in [0.2, 0.25) is 65.0 Å². The standard InChI is InChI=1S/C62H111N11O14/c1-24-26-27-39(13)51(76)50-55(80)64-41(25-2)56(81)67(17)32-47(75)68(18)46(31-62(15,16)87)54(79)66-48(37(9)10)60(85)69(19)43(28-34(3)4)53(78)63-40(14)52(77)65-42(33-74)57(82)70(20)44(29-35(5)6)58(83)71(21)45(30-36(7)8)59(84)72(22)49(38(11)12)61(86)73(50)23/h24,26,34-46,48-51,74,76,87H,25,27-33H2,1-23H3,(H,63,78)(H,64,80)(H,65,77)(H,66,79)/b26-24+/t39-,40+,41+,42-,43+,44+,45+,46+,48+,49+,50+,51-/m1/s1. The van der Waals surface area contributed by atoms with Crippen molar-refractivity contribution in [2.45, 2.75) is 221 Å². The van der Waals surface area contributed by atoms with Gasteiger partial charge < -0.3 is 70.9 Å². The zero-order valence-electron chi connectivity index (χ0n) is 56.6. The molecule has 0 radical (unpaired) electrons. The van der Waals surface area contributed by atoms with Crippen molar-refractivity contribution < 1.29 is 68.1 Å². The van der Waals surface area contributed by atoms with Gasteiger partial charge in [0, 0.05) is 55.8 Å². The fraction of sp³-hybridized carbons (Fsp3) is 0.790. The van der Waals surface area contributed by atoms with E-state index in [0.717, 1.165) is 24.5 Å². The molecule has 1 heterocycles. The van der Waals surface area contributed by atoms with Crippen molar-refractivity contribution >= 4 is 65.0 Å². The van der Waals surface area contributed by atoms with Gasteiger partial charge in [-0.1, -0.05) is 95.2 Å². The Balaban J connectivity index is 4.39. The molecule has 0 bridgehead atoms. The van der Waals surface area contributed by atoms with Crippen molar-refractivity contribution in [2.75, 3.05) is 62.5 Å². The van der Waals surface area contributed by atoms with Crippen molar-refractivity contribution in [1.82, 2.24) is 55.6 Å². The first-order chi connectivity index (χ1) is 40.0. The van der Waals surface area contributed by atoms with Crippen molar-refractivity contribution in [3.63, 3.8) is 0 Å². The van der Waals surface area contributed by atoms with Gasteiger partial charge in [0.05, 0.1) is 24.9 Å². The van der Waals surface area contributed by atoms with Crippen LogP contribution >= 0.6 is 0 Å². The number of carbonyl (C=O) groups is 11. The minimum Gasteiger partial charge on any atom is -0.394 e. The van der Waals surface area contributed by atoms with Crippen LogP contribution in [-0.4, -0.2) is 249 Å². The average Bonchev–Trinajstić information content (AvgIpc) is 2.11. The Morgan fingerprint density at radius 1 is 0.529 bits per heavy atom. The maximum Gasteiger partial charge on any atom is 0.247 e. The van der Waals surface area contributed by atoms with Gasteiger partial charge in [-0.3, -0.25) is 52.7 Å². The molecule has 7 N–H and O–H groups in total. The second kappa shape index (κ2) is 35.1. The predicted molar refractivity (Wildman–Crippen MR) is 331 cm³/mol. The van der Waals surface area contributed by atoms with E-state index in [-0.39, 0.29) is 56.3 Å². The van der Waals surface area contributed by atoms with Gasteiger partial charge >= 0.3 is 0 Å². The Kier molecular flexibility index (Phi) is 31.8. The molecule has 0 spiro atoms. The summed E-state index contributed by atoms with van der Waals surface area (Å²) in [5.74, 6) is -11.1. The molecule has 25 heteroatoms. The smallest absolute Gasteiger partial charge is 0.247 e. The normalized spacial score (nSPS) is 26.7. The average molecular weight is 1230 g/mol. The first kappa shape index (κ1) is 78.8. The van der Waals surface area contributed by atoms with Gasteiger partial charge in [0.25, 0.3) is 0 Å². The summed E-state index contributed by atoms with van der Waals surface area (Å²) in [6, 6.07) is -13.7. The highest BCUT2D eigenvalue weighted by Crippen LogP contribution is 2.26. The van der Waals surface area contributed by atoms with Crippen molar-refractivity contribution in [2.24, 2.45) is 35.5 Å². The lowest BCUT2D eigenvalue weighted by Crippen LogP contribution is -2.63. The predicted octanol–water partition coefficient (Wildman–Crippen LogP) is 1.36. The molecule has 1 aliphatic rings. The number of nitrogens with one attached hydrogen (secondary N) is 4. The van der Waals surface area contributed by atoms with Crippen LogP contribution in [-0.2, 0) is 52.7 Å². The molecule has 1 fully saturated rings. The molecule has 87 heavy (non-hydrogen) atoms. The summed E-state index contributed by atoms with van der Waals surface area (Å²) >= 11 is 0. The maximum absolute atomic E-state index is 15.1. The summed E-state index contributed by atoms with van der Waals surface area (Å²) in [7, 11) is 9.45. The molecule has 0 aliphatic carbocycles. The van der Waals surface area contributed by atoms with Crippen LogP contribution in [0, 0.1) is 35.5 Å². The van der Waals surface area contributed by atoms with Gasteiger partial charge in [0.15, 0.2) is 0 Å². The highest BCUT2D eigenvalue weighted by atomic mass is 16.3. The van der Waals surface area contributed by atoms with E-state index in [1.807, 2.05) is 41.5 Å². The van der Waals surface area contributed by atoms with E-state index in [2.05, 4.69) is 21.3 Å². The number of aliphatic hydroxyl groups excluding tert-OH is 2. The molecule has 1 saturated heterocycles. The third-order valence-electron chi connectivity index (χ3n) is 16.1. The minimum atomic E-state index is -1.66. The van der Waals surface area contributed by atoms with Gasteiger partial charge in [0.1, 0.15) is 60.4 Å². The van der Waals surface area contributed by atoms with Crippen molar-refractivity contribution in [3.8, 4) is 0 Å². The topological polar surface area (TPSA) is 319 Å². The highest BCUT2D eigenvalue weighted by molar-refractivity contribution is 5.99. The molecule has 0 aromatic rings. The summed E-state index contributed by atoms with van der Waals surface area (Å²) in [6.45, 7) is 25.4. The van der Waals surface area contributed by atoms with Crippen LogP contribution in [0.15, 0.2) is 12.2 Å². The lowest BCUT2D eigenvalue weighted by Gasteiger charge is -2.41. The number of hydrogen-bond donors (Lipinski definition) is 7. The maximum atomic E-state index is 15.1. The number of aliphatic hydroxyl groups is 3. The van der Waals surface area contributed by atoms with Crippen LogP contribution in [0.3, 0.4) is 0 Å². The van der Waals surface area contributed by atoms with E-state index in [0.29, 0.717) is 0 Å². The summed E-state index contributed by atoms with van der Waals surface area (Å²) in [5, 5.41) is 44.4. The fourth-order valence-corrected chi connectivity index (χ4v) is 10.7. The third kappa shape index (κ3) is 22.4. The Bertz CT molecular complexity index is 2390. The molecule has 1 rings (SSSR count). The molecule has 0 aromatic heterocycles. The Morgan fingerprint density at radius 3 is 1.43 bits per heavy atom. The zero-order chi connectivity index (χ0) is 67.6. The fourth-order valence-electron chi connectivity index (χ4n) is 10.7. The lowest BCUT2D eigenvalue weighted by atomic mass is 9.91. The number of allylic oxidation sites excluding steroid dienone is 2. The highest BCUT2D eigenvalue weighted by Gasteiger charge is 2.46. The monoisotopic (exact) mass is 1230 g/mol. The van der Waals surface area contributed by atoms with Gasteiger partial charge in [-0.05, 0) is 95.3 Å². The van der Waals surface area contributed by atoms with E-state index in [4.69, 9.17) is 0 Å². The molecule has 1 aliphatic heterocycles. The van der Waals surface area contributed by atoms with E-state index >= 15 is 9.59 Å². The number of likely N-dealkylation sites (N-methyl/N-ethyl adjacent to an activating group) is 7. The summed E-state index contributed by atoms with van der Waals surface area (Å²) < 4.78 is 0. The Labute approximate surface area is 518 Å². The van der Waals surface area contributed by atoms with Crippen LogP contribution in [0.1, 0.15) is 149 Å². The lowest BCUT2D eigenvalue weighted by molar-refractivity contribution is -0.157. The molecule has 11 amide bonds. The number of rotatable bonds is 16. The van der Waals surface area contributed by atoms with Gasteiger partial charge in [-0.2, -0.15) is 0 Å². The number of amides is 11. The molecular formula is C62H111N11O14. The summed E-state index contributed by atoms with van der Waals surface area (Å²) in [5.41, 5.74) is -1.56. The summed E-state index contributed by atoms with van der Waals surface area (Å²) in [6.07, 6.45) is 2.17. The third-order valence-corrected chi connectivity index (χ3v) is 16.1. The summed E-state index contributed by atoms with van der Waals surface area (Å²) in [4.78, 5) is 168. The van der Waals surface area contributed by atoms with E-state index in [1.165, 1.54) is 79.9 Å². The quantitative estimate of drug-likeness (QED) is 0.107. The minimum absolute atomic E-state index is 0.0244. The number of hydrogen-bond acceptors (Lipinski definition) is 14. The van der Waals surface area contributed by atoms with Crippen LogP contribution in [0.5, 0.6) is 0 Å². The van der Waals surface area contributed by atoms with Crippen LogP contribution in [0.4, 0.5) is 0 Å². The van der Waals surface area contributed by atoms with Crippen LogP contribution in [0.25, 0.3) is 0 Å². The Hall–Kier alpha value is -6.21. The van der Waals surface area contributed by atoms with Gasteiger partial charge in [-0.15, -0.1) is 0 Å². The molecular weight excluding hydrogens is 1120 g/mol. The second-order valence-electron chi connectivity index (χ2n) is 26.5. The molecule has 0 aromatic carbocycles. The molecule has 498 valence electrons. The second-order valence-corrected chi connectivity index (χ2v) is 26.5. The molecule has 25 nitrogen and oxygen atoms in total. The van der Waals surface area contributed by atoms with Crippen molar-refractivity contribution in [3.05, 3.63) is 12.2 Å². The number of nitrogens with zero attached hydrogens (tertiary/aromatic N) is 7. The first-order valence-corrected chi connectivity index (χ1v) is 30.7. The van der Waals surface area contributed by atoms with Crippen molar-refractivity contribution in [1.29, 1.82) is 0 Å². The van der Waals surface area contributed by atoms with E-state index in [9.17, 15) is 58.5 Å². The SMILES string of the molecule is C/C=C/C[C@@H](C)[C@@H](O)[C@H]1C(=O)N[C@@H](CC)C(=O)N(C)CC(=O)N(C)[C@@H](CC(C)(C)O)C(=O)N[C@@H](C(C)C)C(=O)N(C)[C@@H](CC(C)C)C(=O)N[C@@H](C)C(=O)N[C@H](CO)C(=O)N(C)[C@@H](CC(C)C)C(=O)N(C)[C@@H](CC(C)C)C(=O)N(C)[C@@H](C(C)C)C(=O)N1C. The van der Waals surface area contributed by atoms with Gasteiger partial charge in [-0.25, -0.2) is 0 Å². The molecule has 0 unspecified atom stereocenters. The largest absolute Gasteiger partial charge is 0.394 e. The Morgan fingerprint density at radius 2 is 0.977 bits per heavy atom. The number of carbonyl (C=O) groups excluding carboxylic acids is 11. The van der Waals surface area contributed by atoms with E-state index < -0.39 is 168 Å².